The molecule has 1 unspecified atom stereocenters. The van der Waals surface area contributed by atoms with E-state index in [0.717, 1.165) is 22.6 Å². The van der Waals surface area contributed by atoms with Gasteiger partial charge in [0.1, 0.15) is 0 Å². The lowest BCUT2D eigenvalue weighted by molar-refractivity contribution is -0.137. The van der Waals surface area contributed by atoms with Crippen molar-refractivity contribution in [1.29, 1.82) is 0 Å². The zero-order chi connectivity index (χ0) is 16.9. The molecule has 0 aromatic heterocycles. The van der Waals surface area contributed by atoms with Gasteiger partial charge in [0.05, 0.1) is 24.0 Å². The third-order valence-corrected chi connectivity index (χ3v) is 4.05. The number of fused-ring (bicyclic) bond motifs is 1. The van der Waals surface area contributed by atoms with E-state index in [9.17, 15) is 4.79 Å². The highest BCUT2D eigenvalue weighted by Gasteiger charge is 2.21. The highest BCUT2D eigenvalue weighted by atomic mass is 35.5. The van der Waals surface area contributed by atoms with E-state index in [-0.39, 0.29) is 12.0 Å². The molecule has 0 aliphatic carbocycles. The van der Waals surface area contributed by atoms with Crippen molar-refractivity contribution < 1.29 is 9.53 Å². The van der Waals surface area contributed by atoms with Crippen LogP contribution in [0, 0.1) is 0 Å². The minimum Gasteiger partial charge on any atom is -0.463 e. The van der Waals surface area contributed by atoms with Gasteiger partial charge in [0.2, 0.25) is 0 Å². The normalized spacial score (nSPS) is 18.1. The molecule has 0 saturated heterocycles. The molecule has 2 N–H and O–H groups in total. The molecule has 4 nitrogen and oxygen atoms in total. The molecule has 5 heteroatoms. The first-order valence-corrected chi connectivity index (χ1v) is 8.29. The van der Waals surface area contributed by atoms with E-state index in [4.69, 9.17) is 16.3 Å². The number of ether oxygens (including phenoxy) is 1. The zero-order valence-electron chi connectivity index (χ0n) is 13.4. The molecule has 0 radical (unpaired) electrons. The molecule has 1 heterocycles. The first-order valence-electron chi connectivity index (χ1n) is 7.91. The molecule has 2 aromatic rings. The topological polar surface area (TPSA) is 50.4 Å². The Hall–Kier alpha value is -2.46. The van der Waals surface area contributed by atoms with Crippen molar-refractivity contribution in [2.45, 2.75) is 19.4 Å². The predicted molar refractivity (Wildman–Crippen MR) is 97.2 cm³/mol. The Labute approximate surface area is 146 Å². The summed E-state index contributed by atoms with van der Waals surface area (Å²) >= 11 is 6.13. The third kappa shape index (κ3) is 3.89. The van der Waals surface area contributed by atoms with Crippen LogP contribution in [0.3, 0.4) is 0 Å². The van der Waals surface area contributed by atoms with Crippen molar-refractivity contribution in [3.8, 4) is 0 Å². The van der Waals surface area contributed by atoms with Crippen molar-refractivity contribution in [2.24, 2.45) is 0 Å². The summed E-state index contributed by atoms with van der Waals surface area (Å²) in [6.45, 7) is 2.15. The number of hydrogen-bond donors (Lipinski definition) is 2. The van der Waals surface area contributed by atoms with E-state index < -0.39 is 0 Å². The molecule has 0 amide bonds. The number of esters is 1. The van der Waals surface area contributed by atoms with E-state index in [1.54, 1.807) is 6.92 Å². The van der Waals surface area contributed by atoms with Gasteiger partial charge in [0.15, 0.2) is 0 Å². The zero-order valence-corrected chi connectivity index (χ0v) is 14.1. The Kier molecular flexibility index (Phi) is 5.06. The molecule has 0 bridgehead atoms. The number of anilines is 2. The van der Waals surface area contributed by atoms with E-state index in [2.05, 4.69) is 22.8 Å². The Bertz CT molecular complexity index is 759. The molecule has 2 aromatic carbocycles. The fraction of sp³-hybridized carbons (Fsp3) is 0.211. The van der Waals surface area contributed by atoms with Gasteiger partial charge >= 0.3 is 5.97 Å². The van der Waals surface area contributed by atoms with Crippen LogP contribution in [0.5, 0.6) is 0 Å². The fourth-order valence-corrected chi connectivity index (χ4v) is 2.91. The largest absolute Gasteiger partial charge is 0.463 e. The average Bonchev–Trinajstić information content (AvgIpc) is 2.74. The maximum absolute atomic E-state index is 11.9. The fourth-order valence-electron chi connectivity index (χ4n) is 2.74. The molecule has 0 spiro atoms. The molecule has 0 saturated carbocycles. The van der Waals surface area contributed by atoms with Crippen LogP contribution < -0.4 is 10.6 Å². The van der Waals surface area contributed by atoms with Gasteiger partial charge < -0.3 is 15.4 Å². The number of carbonyl (C=O) groups is 1. The summed E-state index contributed by atoms with van der Waals surface area (Å²) in [6.07, 6.45) is 2.15. The van der Waals surface area contributed by atoms with Gasteiger partial charge in [-0.25, -0.2) is 4.79 Å². The second kappa shape index (κ2) is 7.41. The van der Waals surface area contributed by atoms with Gasteiger partial charge in [-0.3, -0.25) is 0 Å². The van der Waals surface area contributed by atoms with Crippen LogP contribution in [0.15, 0.2) is 60.3 Å². The van der Waals surface area contributed by atoms with Gasteiger partial charge in [-0.05, 0) is 30.7 Å². The van der Waals surface area contributed by atoms with Gasteiger partial charge in [0, 0.05) is 23.2 Å². The average molecular weight is 343 g/mol. The number of rotatable bonds is 3. The highest BCUT2D eigenvalue weighted by molar-refractivity contribution is 6.31. The third-order valence-electron chi connectivity index (χ3n) is 3.81. The summed E-state index contributed by atoms with van der Waals surface area (Å²) in [5, 5.41) is 7.49. The van der Waals surface area contributed by atoms with E-state index >= 15 is 0 Å². The predicted octanol–water partition coefficient (Wildman–Crippen LogP) is 4.76. The summed E-state index contributed by atoms with van der Waals surface area (Å²) in [7, 11) is 0. The lowest BCUT2D eigenvalue weighted by Crippen LogP contribution is -2.11. The molecule has 124 valence electrons. The van der Waals surface area contributed by atoms with Crippen molar-refractivity contribution in [3.63, 3.8) is 0 Å². The van der Waals surface area contributed by atoms with Crippen molar-refractivity contribution in [2.75, 3.05) is 17.2 Å². The summed E-state index contributed by atoms with van der Waals surface area (Å²) in [5.74, 6) is -0.343. The standard InChI is InChI=1S/C19H19ClN2O2/c1-2-24-19(23)12-15-11-17(13-6-4-3-5-7-13)22-18-10-14(20)8-9-16(18)21-15/h3-10,12,17,21-22H,2,11H2,1H3/b15-12-. The number of halogens is 1. The van der Waals surface area contributed by atoms with Crippen LogP contribution >= 0.6 is 11.6 Å². The molecular formula is C19H19ClN2O2. The van der Waals surface area contributed by atoms with Gasteiger partial charge in [0.25, 0.3) is 0 Å². The van der Waals surface area contributed by atoms with E-state index in [0.29, 0.717) is 18.1 Å². The summed E-state index contributed by atoms with van der Waals surface area (Å²) < 4.78 is 5.04. The van der Waals surface area contributed by atoms with E-state index in [1.165, 1.54) is 6.08 Å². The van der Waals surface area contributed by atoms with Crippen molar-refractivity contribution >= 4 is 28.9 Å². The van der Waals surface area contributed by atoms with E-state index in [1.807, 2.05) is 36.4 Å². The van der Waals surface area contributed by atoms with Gasteiger partial charge in [-0.15, -0.1) is 0 Å². The maximum atomic E-state index is 11.9. The van der Waals surface area contributed by atoms with Crippen molar-refractivity contribution in [1.82, 2.24) is 0 Å². The highest BCUT2D eigenvalue weighted by Crippen LogP contribution is 2.36. The lowest BCUT2D eigenvalue weighted by atomic mass is 10.0. The SMILES string of the molecule is CCOC(=O)/C=C1/CC(c2ccccc2)Nc2cc(Cl)ccc2N1. The first-order chi connectivity index (χ1) is 11.7. The number of carbonyl (C=O) groups excluding carboxylic acids is 1. The first kappa shape index (κ1) is 16.4. The van der Waals surface area contributed by atoms with Crippen LogP contribution in [-0.2, 0) is 9.53 Å². The number of nitrogens with one attached hydrogen (secondary N) is 2. The van der Waals surface area contributed by atoms with Crippen LogP contribution in [0.25, 0.3) is 0 Å². The molecule has 1 aliphatic heterocycles. The second-order valence-electron chi connectivity index (χ2n) is 5.55. The monoisotopic (exact) mass is 342 g/mol. The number of hydrogen-bond acceptors (Lipinski definition) is 4. The summed E-state index contributed by atoms with van der Waals surface area (Å²) in [6, 6.07) is 15.7. The Morgan fingerprint density at radius 2 is 2.04 bits per heavy atom. The molecular weight excluding hydrogens is 324 g/mol. The van der Waals surface area contributed by atoms with Crippen LogP contribution in [0.1, 0.15) is 24.9 Å². The second-order valence-corrected chi connectivity index (χ2v) is 5.98. The molecule has 24 heavy (non-hydrogen) atoms. The minimum atomic E-state index is -0.343. The Morgan fingerprint density at radius 1 is 1.25 bits per heavy atom. The molecule has 0 fully saturated rings. The van der Waals surface area contributed by atoms with Gasteiger partial charge in [-0.1, -0.05) is 41.9 Å². The van der Waals surface area contributed by atoms with Crippen LogP contribution in [-0.4, -0.2) is 12.6 Å². The van der Waals surface area contributed by atoms with Crippen molar-refractivity contribution in [3.05, 3.63) is 70.9 Å². The minimum absolute atomic E-state index is 0.0269. The Balaban J connectivity index is 1.98. The molecule has 1 atom stereocenters. The lowest BCUT2D eigenvalue weighted by Gasteiger charge is -2.18. The summed E-state index contributed by atoms with van der Waals surface area (Å²) in [5.41, 5.74) is 3.73. The maximum Gasteiger partial charge on any atom is 0.332 e. The van der Waals surface area contributed by atoms with Crippen LogP contribution in [0.4, 0.5) is 11.4 Å². The molecule has 1 aliphatic rings. The summed E-state index contributed by atoms with van der Waals surface area (Å²) in [4.78, 5) is 11.9. The smallest absolute Gasteiger partial charge is 0.332 e. The quantitative estimate of drug-likeness (QED) is 0.624. The Morgan fingerprint density at radius 3 is 2.79 bits per heavy atom. The van der Waals surface area contributed by atoms with Crippen LogP contribution in [0.2, 0.25) is 5.02 Å². The molecule has 3 rings (SSSR count). The number of benzene rings is 2. The van der Waals surface area contributed by atoms with Gasteiger partial charge in [-0.2, -0.15) is 0 Å².